The van der Waals surface area contributed by atoms with E-state index in [9.17, 15) is 0 Å². The van der Waals surface area contributed by atoms with E-state index in [-0.39, 0.29) is 12.6 Å². The molecule has 1 heterocycles. The van der Waals surface area contributed by atoms with E-state index in [0.717, 1.165) is 5.69 Å². The average Bonchev–Trinajstić information content (AvgIpc) is 2.97. The van der Waals surface area contributed by atoms with Crippen LogP contribution in [0.1, 0.15) is 16.8 Å². The highest BCUT2D eigenvalue weighted by atomic mass is 16.3. The first-order valence-electron chi connectivity index (χ1n) is 7.40. The average molecular weight is 296 g/mol. The van der Waals surface area contributed by atoms with Crippen molar-refractivity contribution in [1.82, 2.24) is 15.0 Å². The molecule has 0 radical (unpaired) electrons. The molecule has 0 bridgehead atoms. The number of hydrogen-bond donors (Lipinski definition) is 2. The molecule has 3 N–H and O–H groups in total. The molecule has 0 aliphatic rings. The lowest BCUT2D eigenvalue weighted by Crippen LogP contribution is -2.26. The number of aryl methyl sites for hydroxylation is 1. The van der Waals surface area contributed by atoms with Gasteiger partial charge in [-0.2, -0.15) is 0 Å². The fourth-order valence-corrected chi connectivity index (χ4v) is 2.66. The number of aliphatic hydroxyl groups excluding tert-OH is 1. The van der Waals surface area contributed by atoms with Crippen LogP contribution in [0.25, 0.3) is 10.8 Å². The van der Waals surface area contributed by atoms with Crippen LogP contribution >= 0.6 is 0 Å². The van der Waals surface area contributed by atoms with Gasteiger partial charge < -0.3 is 10.8 Å². The second-order valence-corrected chi connectivity index (χ2v) is 5.64. The Hall–Kier alpha value is -2.24. The number of nitrogens with two attached hydrogens (primary N) is 1. The first-order chi connectivity index (χ1) is 10.7. The van der Waals surface area contributed by atoms with E-state index in [1.54, 1.807) is 0 Å². The zero-order valence-corrected chi connectivity index (χ0v) is 12.6. The SMILES string of the molecule is Cc1ccc2ccccc2c1Cn1cc(C[C@H](N)CO)nn1. The molecule has 0 saturated carbocycles. The number of nitrogens with zero attached hydrogens (tertiary/aromatic N) is 3. The molecule has 2 aromatic carbocycles. The van der Waals surface area contributed by atoms with Crippen LogP contribution in [-0.4, -0.2) is 32.7 Å². The van der Waals surface area contributed by atoms with Crippen molar-refractivity contribution < 1.29 is 5.11 Å². The van der Waals surface area contributed by atoms with Gasteiger partial charge in [-0.25, -0.2) is 4.68 Å². The maximum Gasteiger partial charge on any atom is 0.0843 e. The monoisotopic (exact) mass is 296 g/mol. The smallest absolute Gasteiger partial charge is 0.0843 e. The molecule has 5 heteroatoms. The van der Waals surface area contributed by atoms with E-state index in [1.165, 1.54) is 21.9 Å². The molecule has 0 unspecified atom stereocenters. The third kappa shape index (κ3) is 3.00. The van der Waals surface area contributed by atoms with Gasteiger partial charge in [0.25, 0.3) is 0 Å². The van der Waals surface area contributed by atoms with E-state index in [2.05, 4.69) is 47.6 Å². The largest absolute Gasteiger partial charge is 0.395 e. The van der Waals surface area contributed by atoms with Crippen molar-refractivity contribution in [3.63, 3.8) is 0 Å². The molecule has 1 atom stereocenters. The van der Waals surface area contributed by atoms with E-state index in [4.69, 9.17) is 10.8 Å². The second kappa shape index (κ2) is 6.25. The summed E-state index contributed by atoms with van der Waals surface area (Å²) in [5.41, 5.74) is 9.03. The molecule has 114 valence electrons. The quantitative estimate of drug-likeness (QED) is 0.750. The predicted molar refractivity (Wildman–Crippen MR) is 86.6 cm³/mol. The molecule has 3 aromatic rings. The number of aliphatic hydroxyl groups is 1. The minimum atomic E-state index is -0.288. The van der Waals surface area contributed by atoms with Crippen LogP contribution in [0.4, 0.5) is 0 Å². The van der Waals surface area contributed by atoms with E-state index in [0.29, 0.717) is 13.0 Å². The Balaban J connectivity index is 1.89. The van der Waals surface area contributed by atoms with Gasteiger partial charge in [0.2, 0.25) is 0 Å². The van der Waals surface area contributed by atoms with Crippen molar-refractivity contribution in [3.8, 4) is 0 Å². The number of fused-ring (bicyclic) bond motifs is 1. The Bertz CT molecular complexity index is 781. The summed E-state index contributed by atoms with van der Waals surface area (Å²) in [5, 5.41) is 19.8. The summed E-state index contributed by atoms with van der Waals surface area (Å²) >= 11 is 0. The predicted octanol–water partition coefficient (Wildman–Crippen LogP) is 1.65. The summed E-state index contributed by atoms with van der Waals surface area (Å²) in [4.78, 5) is 0. The summed E-state index contributed by atoms with van der Waals surface area (Å²) in [7, 11) is 0. The molecular formula is C17H20N4O. The minimum Gasteiger partial charge on any atom is -0.395 e. The molecule has 1 aromatic heterocycles. The maximum absolute atomic E-state index is 9.01. The number of aromatic nitrogens is 3. The second-order valence-electron chi connectivity index (χ2n) is 5.64. The third-order valence-electron chi connectivity index (χ3n) is 3.89. The zero-order chi connectivity index (χ0) is 15.5. The minimum absolute atomic E-state index is 0.0463. The van der Waals surface area contributed by atoms with Crippen LogP contribution < -0.4 is 5.73 Å². The van der Waals surface area contributed by atoms with E-state index < -0.39 is 0 Å². The Labute approximate surface area is 129 Å². The van der Waals surface area contributed by atoms with Crippen molar-refractivity contribution >= 4 is 10.8 Å². The van der Waals surface area contributed by atoms with Crippen molar-refractivity contribution in [2.45, 2.75) is 25.9 Å². The first-order valence-corrected chi connectivity index (χ1v) is 7.40. The Morgan fingerprint density at radius 2 is 2.05 bits per heavy atom. The van der Waals surface area contributed by atoms with Crippen LogP contribution in [-0.2, 0) is 13.0 Å². The van der Waals surface area contributed by atoms with Gasteiger partial charge in [0.05, 0.1) is 18.8 Å². The summed E-state index contributed by atoms with van der Waals surface area (Å²) in [5.74, 6) is 0. The lowest BCUT2D eigenvalue weighted by atomic mass is 10.00. The Morgan fingerprint density at radius 3 is 2.86 bits per heavy atom. The number of benzene rings is 2. The highest BCUT2D eigenvalue weighted by Gasteiger charge is 2.09. The fraction of sp³-hybridized carbons (Fsp3) is 0.294. The Morgan fingerprint density at radius 1 is 1.23 bits per heavy atom. The molecule has 0 saturated heterocycles. The van der Waals surface area contributed by atoms with Gasteiger partial charge >= 0.3 is 0 Å². The van der Waals surface area contributed by atoms with Crippen LogP contribution in [0.5, 0.6) is 0 Å². The lowest BCUT2D eigenvalue weighted by Gasteiger charge is -2.10. The van der Waals surface area contributed by atoms with Gasteiger partial charge in [-0.1, -0.05) is 41.6 Å². The van der Waals surface area contributed by atoms with Crippen LogP contribution in [0, 0.1) is 6.92 Å². The lowest BCUT2D eigenvalue weighted by molar-refractivity contribution is 0.264. The number of rotatable bonds is 5. The van der Waals surface area contributed by atoms with E-state index >= 15 is 0 Å². The molecule has 3 rings (SSSR count). The summed E-state index contributed by atoms with van der Waals surface area (Å²) < 4.78 is 1.83. The first kappa shape index (κ1) is 14.7. The van der Waals surface area contributed by atoms with Crippen molar-refractivity contribution in [2.24, 2.45) is 5.73 Å². The highest BCUT2D eigenvalue weighted by molar-refractivity contribution is 5.86. The van der Waals surface area contributed by atoms with E-state index in [1.807, 2.05) is 16.9 Å². The van der Waals surface area contributed by atoms with Gasteiger partial charge in [0.1, 0.15) is 0 Å². The fourth-order valence-electron chi connectivity index (χ4n) is 2.66. The maximum atomic E-state index is 9.01. The van der Waals surface area contributed by atoms with Gasteiger partial charge in [0, 0.05) is 18.7 Å². The Kier molecular flexibility index (Phi) is 4.18. The molecule has 0 amide bonds. The molecule has 5 nitrogen and oxygen atoms in total. The van der Waals surface area contributed by atoms with Gasteiger partial charge in [0.15, 0.2) is 0 Å². The summed E-state index contributed by atoms with van der Waals surface area (Å²) in [6.45, 7) is 2.74. The van der Waals surface area contributed by atoms with Gasteiger partial charge in [-0.3, -0.25) is 0 Å². The zero-order valence-electron chi connectivity index (χ0n) is 12.6. The molecular weight excluding hydrogens is 276 g/mol. The standard InChI is InChI=1S/C17H20N4O/c1-12-6-7-13-4-2-3-5-16(13)17(12)10-21-9-15(19-20-21)8-14(18)11-22/h2-7,9,14,22H,8,10-11,18H2,1H3/t14-/m0/s1. The van der Waals surface area contributed by atoms with Crippen molar-refractivity contribution in [3.05, 3.63) is 59.4 Å². The van der Waals surface area contributed by atoms with Crippen LogP contribution in [0.2, 0.25) is 0 Å². The molecule has 0 aliphatic heterocycles. The van der Waals surface area contributed by atoms with Crippen molar-refractivity contribution in [2.75, 3.05) is 6.61 Å². The van der Waals surface area contributed by atoms with Gasteiger partial charge in [-0.15, -0.1) is 5.10 Å². The number of hydrogen-bond acceptors (Lipinski definition) is 4. The van der Waals surface area contributed by atoms with Crippen molar-refractivity contribution in [1.29, 1.82) is 0 Å². The summed E-state index contributed by atoms with van der Waals surface area (Å²) in [6.07, 6.45) is 2.43. The van der Waals surface area contributed by atoms with Crippen LogP contribution in [0.15, 0.2) is 42.6 Å². The highest BCUT2D eigenvalue weighted by Crippen LogP contribution is 2.22. The summed E-state index contributed by atoms with van der Waals surface area (Å²) in [6, 6.07) is 12.3. The van der Waals surface area contributed by atoms with Gasteiger partial charge in [-0.05, 0) is 28.8 Å². The normalized spacial score (nSPS) is 12.7. The molecule has 0 aliphatic carbocycles. The molecule has 0 fully saturated rings. The van der Waals surface area contributed by atoms with Crippen LogP contribution in [0.3, 0.4) is 0 Å². The third-order valence-corrected chi connectivity index (χ3v) is 3.89. The molecule has 0 spiro atoms. The molecule has 22 heavy (non-hydrogen) atoms. The topological polar surface area (TPSA) is 77.0 Å².